The summed E-state index contributed by atoms with van der Waals surface area (Å²) in [5, 5.41) is 10.9. The lowest BCUT2D eigenvalue weighted by molar-refractivity contribution is 0.0963. The van der Waals surface area contributed by atoms with E-state index in [0.29, 0.717) is 11.3 Å². The van der Waals surface area contributed by atoms with Gasteiger partial charge in [-0.15, -0.1) is 5.11 Å². The van der Waals surface area contributed by atoms with Gasteiger partial charge in [-0.2, -0.15) is 5.11 Å². The van der Waals surface area contributed by atoms with Crippen LogP contribution in [0.25, 0.3) is 0 Å². The highest BCUT2D eigenvalue weighted by atomic mass is 16.1. The van der Waals surface area contributed by atoms with E-state index in [2.05, 4.69) is 15.5 Å². The van der Waals surface area contributed by atoms with E-state index in [1.54, 1.807) is 25.2 Å². The zero-order valence-electron chi connectivity index (χ0n) is 10.9. The maximum Gasteiger partial charge on any atom is 0.253 e. The summed E-state index contributed by atoms with van der Waals surface area (Å²) in [5.41, 5.74) is 3.00. The van der Waals surface area contributed by atoms with Crippen LogP contribution in [0.4, 0.5) is 11.4 Å². The Hall–Kier alpha value is -2.49. The van der Waals surface area contributed by atoms with Gasteiger partial charge in [0.15, 0.2) is 0 Å². The molecule has 0 fully saturated rings. The summed E-state index contributed by atoms with van der Waals surface area (Å²) in [6.45, 7) is 2.02. The molecule has 0 saturated heterocycles. The van der Waals surface area contributed by atoms with E-state index in [0.717, 1.165) is 5.69 Å². The van der Waals surface area contributed by atoms with Crippen LogP contribution in [0.3, 0.4) is 0 Å². The molecule has 0 saturated carbocycles. The summed E-state index contributed by atoms with van der Waals surface area (Å²) in [4.78, 5) is 11.7. The largest absolute Gasteiger partial charge is 0.355 e. The molecule has 4 nitrogen and oxygen atoms in total. The number of amides is 1. The van der Waals surface area contributed by atoms with Crippen molar-refractivity contribution >= 4 is 17.3 Å². The number of carbonyl (C=O) groups excluding carboxylic acids is 1. The fraction of sp³-hybridized carbons (Fsp3) is 0.133. The normalized spacial score (nSPS) is 10.6. The molecule has 2 aromatic rings. The van der Waals surface area contributed by atoms with E-state index < -0.39 is 0 Å². The van der Waals surface area contributed by atoms with Crippen LogP contribution in [0.1, 0.15) is 15.9 Å². The average Bonchev–Trinajstić information content (AvgIpc) is 2.46. The Labute approximate surface area is 112 Å². The summed E-state index contributed by atoms with van der Waals surface area (Å²) < 4.78 is 0. The van der Waals surface area contributed by atoms with Crippen molar-refractivity contribution in [3.8, 4) is 0 Å². The molecule has 0 aliphatic rings. The maximum atomic E-state index is 11.7. The quantitative estimate of drug-likeness (QED) is 0.832. The van der Waals surface area contributed by atoms with Crippen LogP contribution in [-0.2, 0) is 0 Å². The van der Waals surface area contributed by atoms with Gasteiger partial charge in [-0.05, 0) is 31.2 Å². The van der Waals surface area contributed by atoms with Crippen LogP contribution in [0.5, 0.6) is 0 Å². The zero-order valence-corrected chi connectivity index (χ0v) is 10.9. The SMILES string of the molecule is CNC(=O)c1ccccc1N=Nc1ccc(C)cc1. The molecule has 0 heterocycles. The highest BCUT2D eigenvalue weighted by molar-refractivity contribution is 5.98. The van der Waals surface area contributed by atoms with Crippen LogP contribution in [-0.4, -0.2) is 13.0 Å². The van der Waals surface area contributed by atoms with Gasteiger partial charge in [-0.1, -0.05) is 29.8 Å². The first-order valence-corrected chi connectivity index (χ1v) is 6.00. The van der Waals surface area contributed by atoms with Gasteiger partial charge < -0.3 is 5.32 Å². The lowest BCUT2D eigenvalue weighted by atomic mass is 10.2. The molecule has 4 heteroatoms. The Balaban J connectivity index is 2.28. The minimum Gasteiger partial charge on any atom is -0.355 e. The molecule has 0 bridgehead atoms. The van der Waals surface area contributed by atoms with Crippen molar-refractivity contribution in [3.05, 3.63) is 59.7 Å². The number of nitrogens with zero attached hydrogens (tertiary/aromatic N) is 2. The van der Waals surface area contributed by atoms with Crippen LogP contribution < -0.4 is 5.32 Å². The van der Waals surface area contributed by atoms with Crippen LogP contribution in [0.15, 0.2) is 58.8 Å². The monoisotopic (exact) mass is 253 g/mol. The summed E-state index contributed by atoms with van der Waals surface area (Å²) in [6, 6.07) is 14.8. The molecule has 2 aromatic carbocycles. The first kappa shape index (κ1) is 13.0. The first-order valence-electron chi connectivity index (χ1n) is 6.00. The van der Waals surface area contributed by atoms with Gasteiger partial charge in [0.2, 0.25) is 0 Å². The Kier molecular flexibility index (Phi) is 4.03. The lowest BCUT2D eigenvalue weighted by Gasteiger charge is -2.02. The molecule has 0 aromatic heterocycles. The third-order valence-electron chi connectivity index (χ3n) is 2.68. The molecular weight excluding hydrogens is 238 g/mol. The number of azo groups is 1. The molecule has 0 atom stereocenters. The number of rotatable bonds is 3. The van der Waals surface area contributed by atoms with Crippen molar-refractivity contribution in [1.82, 2.24) is 5.32 Å². The minimum absolute atomic E-state index is 0.168. The van der Waals surface area contributed by atoms with E-state index >= 15 is 0 Å². The predicted molar refractivity (Wildman–Crippen MR) is 75.2 cm³/mol. The van der Waals surface area contributed by atoms with E-state index in [9.17, 15) is 4.79 Å². The number of hydrogen-bond donors (Lipinski definition) is 1. The molecule has 0 unspecified atom stereocenters. The summed E-state index contributed by atoms with van der Waals surface area (Å²) >= 11 is 0. The fourth-order valence-electron chi connectivity index (χ4n) is 1.61. The van der Waals surface area contributed by atoms with Gasteiger partial charge >= 0.3 is 0 Å². The fourth-order valence-corrected chi connectivity index (χ4v) is 1.61. The van der Waals surface area contributed by atoms with Crippen molar-refractivity contribution in [1.29, 1.82) is 0 Å². The number of carbonyl (C=O) groups is 1. The van der Waals surface area contributed by atoms with E-state index in [1.165, 1.54) is 5.56 Å². The Bertz CT molecular complexity index is 603. The minimum atomic E-state index is -0.168. The molecule has 0 spiro atoms. The second-order valence-electron chi connectivity index (χ2n) is 4.13. The topological polar surface area (TPSA) is 53.8 Å². The van der Waals surface area contributed by atoms with Crippen molar-refractivity contribution < 1.29 is 4.79 Å². The van der Waals surface area contributed by atoms with Gasteiger partial charge in [0.25, 0.3) is 5.91 Å². The standard InChI is InChI=1S/C15H15N3O/c1-11-7-9-12(10-8-11)17-18-14-6-4-3-5-13(14)15(19)16-2/h3-10H,1-2H3,(H,16,19). The molecule has 0 radical (unpaired) electrons. The van der Waals surface area contributed by atoms with Gasteiger partial charge in [0, 0.05) is 7.05 Å². The van der Waals surface area contributed by atoms with Crippen molar-refractivity contribution in [2.24, 2.45) is 10.2 Å². The third kappa shape index (κ3) is 3.25. The van der Waals surface area contributed by atoms with Crippen molar-refractivity contribution in [2.45, 2.75) is 6.92 Å². The predicted octanol–water partition coefficient (Wildman–Crippen LogP) is 3.77. The lowest BCUT2D eigenvalue weighted by Crippen LogP contribution is -2.17. The number of nitrogens with one attached hydrogen (secondary N) is 1. The van der Waals surface area contributed by atoms with E-state index in [4.69, 9.17) is 0 Å². The molecule has 0 aliphatic heterocycles. The van der Waals surface area contributed by atoms with E-state index in [-0.39, 0.29) is 5.91 Å². The highest BCUT2D eigenvalue weighted by Crippen LogP contribution is 2.22. The Morgan fingerprint density at radius 3 is 2.37 bits per heavy atom. The van der Waals surface area contributed by atoms with Gasteiger partial charge in [-0.3, -0.25) is 4.79 Å². The highest BCUT2D eigenvalue weighted by Gasteiger charge is 2.07. The molecule has 2 rings (SSSR count). The molecular formula is C15H15N3O. The second-order valence-corrected chi connectivity index (χ2v) is 4.13. The van der Waals surface area contributed by atoms with Crippen molar-refractivity contribution in [2.75, 3.05) is 7.05 Å². The third-order valence-corrected chi connectivity index (χ3v) is 2.68. The van der Waals surface area contributed by atoms with Crippen LogP contribution in [0.2, 0.25) is 0 Å². The Morgan fingerprint density at radius 1 is 1.00 bits per heavy atom. The summed E-state index contributed by atoms with van der Waals surface area (Å²) in [7, 11) is 1.59. The summed E-state index contributed by atoms with van der Waals surface area (Å²) in [5.74, 6) is -0.168. The zero-order chi connectivity index (χ0) is 13.7. The number of hydrogen-bond acceptors (Lipinski definition) is 3. The number of benzene rings is 2. The van der Waals surface area contributed by atoms with Gasteiger partial charge in [0.1, 0.15) is 0 Å². The first-order chi connectivity index (χ1) is 9.20. The average molecular weight is 253 g/mol. The molecule has 0 aliphatic carbocycles. The van der Waals surface area contributed by atoms with Gasteiger partial charge in [0.05, 0.1) is 16.9 Å². The molecule has 96 valence electrons. The second kappa shape index (κ2) is 5.91. The maximum absolute atomic E-state index is 11.7. The van der Waals surface area contributed by atoms with E-state index in [1.807, 2.05) is 37.3 Å². The summed E-state index contributed by atoms with van der Waals surface area (Å²) in [6.07, 6.45) is 0. The van der Waals surface area contributed by atoms with Crippen LogP contribution >= 0.6 is 0 Å². The Morgan fingerprint density at radius 2 is 1.68 bits per heavy atom. The molecule has 1 N–H and O–H groups in total. The van der Waals surface area contributed by atoms with Crippen molar-refractivity contribution in [3.63, 3.8) is 0 Å². The molecule has 19 heavy (non-hydrogen) atoms. The molecule has 1 amide bonds. The van der Waals surface area contributed by atoms with Crippen LogP contribution in [0, 0.1) is 6.92 Å². The smallest absolute Gasteiger partial charge is 0.253 e. The number of aryl methyl sites for hydroxylation is 1. The van der Waals surface area contributed by atoms with Gasteiger partial charge in [-0.25, -0.2) is 0 Å².